The lowest BCUT2D eigenvalue weighted by atomic mass is 10.2. The summed E-state index contributed by atoms with van der Waals surface area (Å²) in [5, 5.41) is 3.14. The molecular formula is C14H24N2O. The van der Waals surface area contributed by atoms with Crippen molar-refractivity contribution in [1.82, 2.24) is 5.32 Å². The maximum absolute atomic E-state index is 5.79. The molecule has 0 bridgehead atoms. The van der Waals surface area contributed by atoms with Crippen molar-refractivity contribution < 1.29 is 4.74 Å². The first kappa shape index (κ1) is 13.8. The molecule has 96 valence electrons. The first-order chi connectivity index (χ1) is 7.92. The Labute approximate surface area is 105 Å². The summed E-state index contributed by atoms with van der Waals surface area (Å²) in [6, 6.07) is 8.24. The molecule has 0 spiro atoms. The molecule has 0 radical (unpaired) electrons. The molecule has 0 heterocycles. The summed E-state index contributed by atoms with van der Waals surface area (Å²) in [6.45, 7) is 8.15. The van der Waals surface area contributed by atoms with Gasteiger partial charge in [-0.15, -0.1) is 0 Å². The van der Waals surface area contributed by atoms with E-state index >= 15 is 0 Å². The van der Waals surface area contributed by atoms with Crippen LogP contribution in [0.1, 0.15) is 20.8 Å². The lowest BCUT2D eigenvalue weighted by Gasteiger charge is -2.23. The number of hydrogen-bond acceptors (Lipinski definition) is 3. The van der Waals surface area contributed by atoms with E-state index in [1.165, 1.54) is 5.69 Å². The number of nitrogens with zero attached hydrogens (tertiary/aromatic N) is 1. The van der Waals surface area contributed by atoms with Gasteiger partial charge >= 0.3 is 0 Å². The zero-order chi connectivity index (χ0) is 12.9. The number of rotatable bonds is 5. The molecule has 0 fully saturated rings. The molecule has 1 rings (SSSR count). The Kier molecular flexibility index (Phi) is 4.82. The van der Waals surface area contributed by atoms with Gasteiger partial charge in [0.2, 0.25) is 0 Å². The minimum atomic E-state index is -0.139. The van der Waals surface area contributed by atoms with Gasteiger partial charge in [0.05, 0.1) is 0 Å². The van der Waals surface area contributed by atoms with Gasteiger partial charge in [0, 0.05) is 25.8 Å². The summed E-state index contributed by atoms with van der Waals surface area (Å²) in [7, 11) is 4.06. The molecule has 0 unspecified atom stereocenters. The Morgan fingerprint density at radius 2 is 1.76 bits per heavy atom. The standard InChI is InChI=1S/C14H24N2O/c1-14(2,3)17-13-8-6-12(7-9-13)16(5)11-10-15-4/h6-9,15H,10-11H2,1-5H3. The van der Waals surface area contributed by atoms with Crippen molar-refractivity contribution in [3.05, 3.63) is 24.3 Å². The summed E-state index contributed by atoms with van der Waals surface area (Å²) >= 11 is 0. The maximum atomic E-state index is 5.79. The molecular weight excluding hydrogens is 212 g/mol. The molecule has 3 nitrogen and oxygen atoms in total. The first-order valence-corrected chi connectivity index (χ1v) is 6.07. The van der Waals surface area contributed by atoms with Crippen molar-refractivity contribution in [2.24, 2.45) is 0 Å². The topological polar surface area (TPSA) is 24.5 Å². The molecule has 17 heavy (non-hydrogen) atoms. The number of ether oxygens (including phenoxy) is 1. The van der Waals surface area contributed by atoms with Crippen molar-refractivity contribution >= 4 is 5.69 Å². The van der Waals surface area contributed by atoms with E-state index in [0.717, 1.165) is 18.8 Å². The monoisotopic (exact) mass is 236 g/mol. The highest BCUT2D eigenvalue weighted by molar-refractivity contribution is 5.48. The fourth-order valence-electron chi connectivity index (χ4n) is 1.53. The molecule has 0 amide bonds. The van der Waals surface area contributed by atoms with Crippen LogP contribution in [0, 0.1) is 0 Å². The average molecular weight is 236 g/mol. The quantitative estimate of drug-likeness (QED) is 0.850. The van der Waals surface area contributed by atoms with Gasteiger partial charge < -0.3 is 15.0 Å². The van der Waals surface area contributed by atoms with Crippen molar-refractivity contribution in [3.8, 4) is 5.75 Å². The number of hydrogen-bond donors (Lipinski definition) is 1. The molecule has 1 aromatic rings. The van der Waals surface area contributed by atoms with Gasteiger partial charge in [-0.1, -0.05) is 0 Å². The molecule has 1 aromatic carbocycles. The minimum absolute atomic E-state index is 0.139. The molecule has 0 saturated carbocycles. The first-order valence-electron chi connectivity index (χ1n) is 6.07. The van der Waals surface area contributed by atoms with Gasteiger partial charge in [-0.3, -0.25) is 0 Å². The van der Waals surface area contributed by atoms with E-state index in [4.69, 9.17) is 4.74 Å². The highest BCUT2D eigenvalue weighted by atomic mass is 16.5. The third-order valence-corrected chi connectivity index (χ3v) is 2.40. The molecule has 0 aromatic heterocycles. The highest BCUT2D eigenvalue weighted by Gasteiger charge is 2.11. The van der Waals surface area contributed by atoms with Gasteiger partial charge in [0.1, 0.15) is 11.4 Å². The maximum Gasteiger partial charge on any atom is 0.120 e. The Morgan fingerprint density at radius 3 is 2.24 bits per heavy atom. The van der Waals surface area contributed by atoms with E-state index in [9.17, 15) is 0 Å². The average Bonchev–Trinajstić information content (AvgIpc) is 2.24. The summed E-state index contributed by atoms with van der Waals surface area (Å²) in [4.78, 5) is 2.22. The number of anilines is 1. The zero-order valence-corrected chi connectivity index (χ0v) is 11.6. The molecule has 0 aliphatic carbocycles. The number of nitrogens with one attached hydrogen (secondary N) is 1. The molecule has 0 aliphatic rings. The minimum Gasteiger partial charge on any atom is -0.488 e. The van der Waals surface area contributed by atoms with Crippen molar-refractivity contribution in [2.75, 3.05) is 32.1 Å². The van der Waals surface area contributed by atoms with Gasteiger partial charge in [-0.25, -0.2) is 0 Å². The molecule has 1 N–H and O–H groups in total. The fourth-order valence-corrected chi connectivity index (χ4v) is 1.53. The summed E-state index contributed by atoms with van der Waals surface area (Å²) in [6.07, 6.45) is 0. The molecule has 3 heteroatoms. The lowest BCUT2D eigenvalue weighted by molar-refractivity contribution is 0.131. The largest absolute Gasteiger partial charge is 0.488 e. The highest BCUT2D eigenvalue weighted by Crippen LogP contribution is 2.21. The Hall–Kier alpha value is -1.22. The normalized spacial score (nSPS) is 11.4. The van der Waals surface area contributed by atoms with Crippen LogP contribution in [-0.2, 0) is 0 Å². The van der Waals surface area contributed by atoms with Crippen LogP contribution < -0.4 is 15.0 Å². The predicted molar refractivity (Wildman–Crippen MR) is 74.0 cm³/mol. The van der Waals surface area contributed by atoms with Crippen molar-refractivity contribution in [2.45, 2.75) is 26.4 Å². The SMILES string of the molecule is CNCCN(C)c1ccc(OC(C)(C)C)cc1. The molecule has 0 saturated heterocycles. The van der Waals surface area contributed by atoms with Crippen LogP contribution >= 0.6 is 0 Å². The van der Waals surface area contributed by atoms with Gasteiger partial charge in [0.15, 0.2) is 0 Å². The van der Waals surface area contributed by atoms with E-state index in [2.05, 4.69) is 50.2 Å². The van der Waals surface area contributed by atoms with Crippen molar-refractivity contribution in [3.63, 3.8) is 0 Å². The number of benzene rings is 1. The third kappa shape index (κ3) is 5.09. The molecule has 0 aliphatic heterocycles. The van der Waals surface area contributed by atoms with Crippen LogP contribution in [0.15, 0.2) is 24.3 Å². The van der Waals surface area contributed by atoms with Gasteiger partial charge in [-0.05, 0) is 52.1 Å². The van der Waals surface area contributed by atoms with Gasteiger partial charge in [-0.2, -0.15) is 0 Å². The second kappa shape index (κ2) is 5.92. The Morgan fingerprint density at radius 1 is 1.18 bits per heavy atom. The summed E-state index contributed by atoms with van der Waals surface area (Å²) in [5.74, 6) is 0.920. The van der Waals surface area contributed by atoms with Crippen LogP contribution in [0.5, 0.6) is 5.75 Å². The van der Waals surface area contributed by atoms with Crippen LogP contribution in [0.3, 0.4) is 0 Å². The Balaban J connectivity index is 2.61. The molecule has 0 atom stereocenters. The smallest absolute Gasteiger partial charge is 0.120 e. The Bertz CT molecular complexity index is 327. The third-order valence-electron chi connectivity index (χ3n) is 2.40. The van der Waals surface area contributed by atoms with Crippen LogP contribution in [0.2, 0.25) is 0 Å². The predicted octanol–water partition coefficient (Wildman–Crippen LogP) is 2.52. The van der Waals surface area contributed by atoms with E-state index < -0.39 is 0 Å². The lowest BCUT2D eigenvalue weighted by Crippen LogP contribution is -2.27. The van der Waals surface area contributed by atoms with Crippen LogP contribution in [0.4, 0.5) is 5.69 Å². The number of likely N-dealkylation sites (N-methyl/N-ethyl adjacent to an activating group) is 2. The summed E-state index contributed by atoms with van der Waals surface area (Å²) in [5.41, 5.74) is 1.07. The fraction of sp³-hybridized carbons (Fsp3) is 0.571. The van der Waals surface area contributed by atoms with Crippen LogP contribution in [0.25, 0.3) is 0 Å². The summed E-state index contributed by atoms with van der Waals surface area (Å²) < 4.78 is 5.79. The second-order valence-corrected chi connectivity index (χ2v) is 5.23. The van der Waals surface area contributed by atoms with E-state index in [-0.39, 0.29) is 5.60 Å². The zero-order valence-electron chi connectivity index (χ0n) is 11.6. The van der Waals surface area contributed by atoms with Crippen molar-refractivity contribution in [1.29, 1.82) is 0 Å². The second-order valence-electron chi connectivity index (χ2n) is 5.23. The van der Waals surface area contributed by atoms with E-state index in [1.54, 1.807) is 0 Å². The van der Waals surface area contributed by atoms with Crippen LogP contribution in [-0.4, -0.2) is 32.8 Å². The van der Waals surface area contributed by atoms with E-state index in [1.807, 2.05) is 19.2 Å². The van der Waals surface area contributed by atoms with Gasteiger partial charge in [0.25, 0.3) is 0 Å². The van der Waals surface area contributed by atoms with E-state index in [0.29, 0.717) is 0 Å².